The molecule has 3 heterocycles. The third-order valence-corrected chi connectivity index (χ3v) is 12.6. The van der Waals surface area contributed by atoms with Gasteiger partial charge in [0.15, 0.2) is 28.8 Å². The van der Waals surface area contributed by atoms with Crippen molar-refractivity contribution in [3.63, 3.8) is 0 Å². The summed E-state index contributed by atoms with van der Waals surface area (Å²) in [7, 11) is 0. The van der Waals surface area contributed by atoms with Gasteiger partial charge >= 0.3 is 0 Å². The van der Waals surface area contributed by atoms with Gasteiger partial charge in [-0.05, 0) is 59.7 Å². The Balaban J connectivity index is 1.33. The first kappa shape index (κ1) is 37.7. The molecule has 0 aliphatic heterocycles. The highest BCUT2D eigenvalue weighted by Crippen LogP contribution is 2.48. The summed E-state index contributed by atoms with van der Waals surface area (Å²) in [5, 5.41) is 25.2. The van der Waals surface area contributed by atoms with Crippen LogP contribution in [0.25, 0.3) is 114 Å². The number of rotatable bonds is 6. The normalized spacial score (nSPS) is 11.1. The van der Waals surface area contributed by atoms with Gasteiger partial charge in [-0.2, -0.15) is 10.5 Å². The molecule has 294 valence electrons. The largest absolute Gasteiger partial charge is 0.308 e. The van der Waals surface area contributed by atoms with Crippen molar-refractivity contribution in [3.8, 4) is 74.2 Å². The van der Waals surface area contributed by atoms with E-state index >= 15 is 0 Å². The van der Waals surface area contributed by atoms with Gasteiger partial charge in [0.05, 0.1) is 53.1 Å². The lowest BCUT2D eigenvalue weighted by atomic mass is 9.90. The average molecular weight is 833 g/mol. The Bertz CT molecular complexity index is 3680. The Morgan fingerprint density at radius 2 is 1.00 bits per heavy atom. The van der Waals surface area contributed by atoms with Crippen molar-refractivity contribution in [2.24, 2.45) is 0 Å². The predicted octanol–water partition coefficient (Wildman–Crippen LogP) is 14.5. The third kappa shape index (κ3) is 6.30. The van der Waals surface area contributed by atoms with Gasteiger partial charge in [-0.1, -0.05) is 121 Å². The van der Waals surface area contributed by atoms with E-state index in [-0.39, 0.29) is 0 Å². The Hall–Kier alpha value is -9.25. The van der Waals surface area contributed by atoms with Crippen LogP contribution in [0.3, 0.4) is 0 Å². The van der Waals surface area contributed by atoms with Crippen LogP contribution in [-0.4, -0.2) is 19.5 Å². The molecule has 11 aromatic rings. The van der Waals surface area contributed by atoms with Gasteiger partial charge in [-0.25, -0.2) is 24.6 Å². The van der Waals surface area contributed by atoms with Crippen LogP contribution in [-0.2, 0) is 0 Å². The third-order valence-electron chi connectivity index (χ3n) is 11.4. The Kier molecular flexibility index (Phi) is 9.04. The van der Waals surface area contributed by atoms with E-state index in [1.54, 1.807) is 47.7 Å². The first-order valence-electron chi connectivity index (χ1n) is 20.3. The highest BCUT2D eigenvalue weighted by atomic mass is 32.1. The number of fused-ring (bicyclic) bond motifs is 7. The Labute approximate surface area is 371 Å². The first-order chi connectivity index (χ1) is 31.5. The number of para-hydroxylation sites is 1. The number of thiophene rings is 1. The Morgan fingerprint density at radius 1 is 0.469 bits per heavy atom. The van der Waals surface area contributed by atoms with Gasteiger partial charge in [0.25, 0.3) is 0 Å². The fourth-order valence-corrected chi connectivity index (χ4v) is 9.91. The van der Waals surface area contributed by atoms with Gasteiger partial charge in [0.1, 0.15) is 0 Å². The molecule has 0 radical (unpaired) electrons. The molecule has 11 rings (SSSR count). The minimum atomic E-state index is 0.312. The molecule has 3 aromatic heterocycles. The minimum absolute atomic E-state index is 0.312. The number of nitriles is 2. The Morgan fingerprint density at radius 3 is 1.59 bits per heavy atom. The molecule has 8 nitrogen and oxygen atoms in total. The molecule has 0 saturated carbocycles. The van der Waals surface area contributed by atoms with Crippen molar-refractivity contribution in [2.45, 2.75) is 0 Å². The molecule has 0 unspecified atom stereocenters. The van der Waals surface area contributed by atoms with Crippen molar-refractivity contribution in [1.29, 1.82) is 10.5 Å². The van der Waals surface area contributed by atoms with Gasteiger partial charge in [0, 0.05) is 58.8 Å². The van der Waals surface area contributed by atoms with Gasteiger partial charge in [-0.15, -0.1) is 11.3 Å². The molecule has 0 aliphatic rings. The van der Waals surface area contributed by atoms with Crippen LogP contribution in [0.2, 0.25) is 0 Å². The standard InChI is InChI=1S/C55H28N8S/c1-58-40-26-38(27-41(30-40)59-2)46-29-39(55-61-53(35-13-5-3-6-14-35)60-54(62-55)36-15-7-4-8-16-36)28-45(37-24-33(31-56)23-34(25-37)32-57)51(46)63-47-19-11-9-18-44(47)50-48(63)22-21-43-42-17-10-12-20-49(42)64-52(43)50/h3-30H. The van der Waals surface area contributed by atoms with Crippen molar-refractivity contribution in [2.75, 3.05) is 0 Å². The summed E-state index contributed by atoms with van der Waals surface area (Å²) in [6.07, 6.45) is 0. The van der Waals surface area contributed by atoms with Crippen molar-refractivity contribution >= 4 is 64.7 Å². The number of hydrogen-bond donors (Lipinski definition) is 0. The number of aromatic nitrogens is 4. The summed E-state index contributed by atoms with van der Waals surface area (Å²) in [6, 6.07) is 59.6. The maximum absolute atomic E-state index is 10.3. The minimum Gasteiger partial charge on any atom is -0.308 e. The zero-order valence-corrected chi connectivity index (χ0v) is 34.5. The summed E-state index contributed by atoms with van der Waals surface area (Å²) in [4.78, 5) is 22.8. The lowest BCUT2D eigenvalue weighted by Crippen LogP contribution is -2.04. The molecule has 0 saturated heterocycles. The van der Waals surface area contributed by atoms with Crippen molar-refractivity contribution < 1.29 is 0 Å². The monoisotopic (exact) mass is 832 g/mol. The molecule has 0 fully saturated rings. The van der Waals surface area contributed by atoms with Crippen molar-refractivity contribution in [1.82, 2.24) is 19.5 Å². The van der Waals surface area contributed by atoms with E-state index in [1.807, 2.05) is 78.9 Å². The zero-order chi connectivity index (χ0) is 43.3. The molecule has 0 atom stereocenters. The van der Waals surface area contributed by atoms with Gasteiger partial charge in [0.2, 0.25) is 0 Å². The van der Waals surface area contributed by atoms with Crippen LogP contribution in [0.4, 0.5) is 11.4 Å². The topological polar surface area (TPSA) is 99.9 Å². The second-order valence-corrected chi connectivity index (χ2v) is 16.3. The van der Waals surface area contributed by atoms with Crippen LogP contribution in [0, 0.1) is 35.8 Å². The van der Waals surface area contributed by atoms with Crippen LogP contribution in [0.15, 0.2) is 170 Å². The fourth-order valence-electron chi connectivity index (χ4n) is 8.65. The quantitative estimate of drug-likeness (QED) is 0.155. The van der Waals surface area contributed by atoms with E-state index in [0.717, 1.165) is 48.7 Å². The summed E-state index contributed by atoms with van der Waals surface area (Å²) in [5.41, 5.74) is 8.73. The van der Waals surface area contributed by atoms with Crippen LogP contribution < -0.4 is 0 Å². The second kappa shape index (κ2) is 15.3. The van der Waals surface area contributed by atoms with E-state index in [2.05, 4.69) is 81.0 Å². The van der Waals surface area contributed by atoms with E-state index in [9.17, 15) is 10.5 Å². The molecular weight excluding hydrogens is 805 g/mol. The molecular formula is C55H28N8S. The summed E-state index contributed by atoms with van der Waals surface area (Å²) >= 11 is 1.76. The molecule has 8 aromatic carbocycles. The molecule has 0 bridgehead atoms. The highest BCUT2D eigenvalue weighted by molar-refractivity contribution is 7.26. The van der Waals surface area contributed by atoms with Gasteiger partial charge in [-0.3, -0.25) is 0 Å². The number of benzene rings is 8. The zero-order valence-electron chi connectivity index (χ0n) is 33.7. The molecule has 64 heavy (non-hydrogen) atoms. The van der Waals surface area contributed by atoms with E-state index in [4.69, 9.17) is 28.1 Å². The smallest absolute Gasteiger partial charge is 0.177 e. The van der Waals surface area contributed by atoms with Crippen molar-refractivity contribution in [3.05, 3.63) is 204 Å². The van der Waals surface area contributed by atoms with Crippen LogP contribution in [0.5, 0.6) is 0 Å². The number of hydrogen-bond acceptors (Lipinski definition) is 6. The predicted molar refractivity (Wildman–Crippen MR) is 256 cm³/mol. The average Bonchev–Trinajstić information content (AvgIpc) is 3.91. The highest BCUT2D eigenvalue weighted by Gasteiger charge is 2.25. The summed E-state index contributed by atoms with van der Waals surface area (Å²) in [5.74, 6) is 1.35. The van der Waals surface area contributed by atoms with Crippen LogP contribution >= 0.6 is 11.3 Å². The molecule has 0 aliphatic carbocycles. The molecule has 9 heteroatoms. The lowest BCUT2D eigenvalue weighted by Gasteiger charge is -2.22. The molecule has 0 amide bonds. The van der Waals surface area contributed by atoms with E-state index in [1.165, 1.54) is 10.1 Å². The molecule has 0 N–H and O–H groups in total. The SMILES string of the molecule is [C-]#[N+]c1cc([N+]#[C-])cc(-c2cc(-c3nc(-c4ccccc4)nc(-c4ccccc4)n3)cc(-c3cc(C#N)cc(C#N)c3)c2-n2c3ccccc3c3c4sc5ccccc5c4ccc32)c1. The summed E-state index contributed by atoms with van der Waals surface area (Å²) in [6.45, 7) is 16.2. The maximum Gasteiger partial charge on any atom is 0.177 e. The fraction of sp³-hybridized carbons (Fsp3) is 0. The van der Waals surface area contributed by atoms with E-state index < -0.39 is 0 Å². The maximum atomic E-state index is 10.3. The molecule has 0 spiro atoms. The van der Waals surface area contributed by atoms with E-state index in [0.29, 0.717) is 67.8 Å². The van der Waals surface area contributed by atoms with Crippen LogP contribution in [0.1, 0.15) is 11.1 Å². The van der Waals surface area contributed by atoms with Gasteiger partial charge < -0.3 is 4.57 Å². The first-order valence-corrected chi connectivity index (χ1v) is 21.1. The lowest BCUT2D eigenvalue weighted by molar-refractivity contribution is 1.07. The number of nitrogens with zero attached hydrogens (tertiary/aromatic N) is 8. The summed E-state index contributed by atoms with van der Waals surface area (Å²) < 4.78 is 4.59. The second-order valence-electron chi connectivity index (χ2n) is 15.2.